The van der Waals surface area contributed by atoms with Crippen molar-refractivity contribution in [3.8, 4) is 11.5 Å². The van der Waals surface area contributed by atoms with E-state index in [4.69, 9.17) is 9.39 Å². The third-order valence-corrected chi connectivity index (χ3v) is 6.63. The van der Waals surface area contributed by atoms with E-state index in [1.54, 1.807) is 12.1 Å². The normalized spacial score (nSPS) is 32.5. The molecule has 3 aliphatic heterocycles. The van der Waals surface area contributed by atoms with Crippen LogP contribution in [0.25, 0.3) is 0 Å². The molecule has 1 aromatic carbocycles. The smallest absolute Gasteiger partial charge is 0.434 e. The van der Waals surface area contributed by atoms with Crippen LogP contribution in [-0.2, 0) is 4.79 Å². The van der Waals surface area contributed by atoms with E-state index in [1.165, 1.54) is 0 Å². The zero-order valence-electron chi connectivity index (χ0n) is 15.8. The summed E-state index contributed by atoms with van der Waals surface area (Å²) in [5.41, 5.74) is 3.99. The van der Waals surface area contributed by atoms with Crippen molar-refractivity contribution in [3.63, 3.8) is 0 Å². The molecule has 4 aliphatic rings. The molecule has 1 saturated carbocycles. The van der Waals surface area contributed by atoms with E-state index >= 15 is 0 Å². The highest BCUT2D eigenvalue weighted by atomic mass is 16.6. The van der Waals surface area contributed by atoms with Gasteiger partial charge in [0.1, 0.15) is 23.5 Å². The topological polar surface area (TPSA) is 156 Å². The lowest BCUT2D eigenvalue weighted by Crippen LogP contribution is -2.64. The quantitative estimate of drug-likeness (QED) is 0.354. The molecular weight excluding hydrogens is 381 g/mol. The van der Waals surface area contributed by atoms with Crippen LogP contribution in [0, 0.1) is 0 Å². The highest BCUT2D eigenvalue weighted by Crippen LogP contribution is 2.63. The van der Waals surface area contributed by atoms with Crippen LogP contribution in [0.3, 0.4) is 0 Å². The fraction of sp³-hybridized carbons (Fsp3) is 0.556. The predicted molar refractivity (Wildman–Crippen MR) is 99.4 cm³/mol. The zero-order chi connectivity index (χ0) is 20.5. The number of benzene rings is 1. The van der Waals surface area contributed by atoms with Crippen LogP contribution in [0.2, 0.25) is 5.82 Å². The van der Waals surface area contributed by atoms with E-state index in [0.717, 1.165) is 0 Å². The maximum Gasteiger partial charge on any atom is 0.434 e. The first-order valence-electron chi connectivity index (χ1n) is 9.93. The number of hydrogen-bond donors (Lipinski definition) is 5. The summed E-state index contributed by atoms with van der Waals surface area (Å²) < 4.78 is 11.3. The summed E-state index contributed by atoms with van der Waals surface area (Å²) in [6.07, 6.45) is 1.10. The number of nitrogens with zero attached hydrogens (tertiary/aromatic N) is 1. The van der Waals surface area contributed by atoms with E-state index in [0.29, 0.717) is 38.0 Å². The summed E-state index contributed by atoms with van der Waals surface area (Å²) in [5.74, 6) is -1.61. The minimum absolute atomic E-state index is 0.00622. The standard InChI is InChI=1S/C18H23BN3O7/c20-17(23)13-3-8(5-21-13)22-6-9(7-22)28-14-2-1-10-11-4-12(11)19(26,27)29-16(10)15(14)18(24)25/h1-2,8-9,11-13,21,26-27H,3-7H2,(H2,20,23)(H,24,25)/q-1/p+1/t8-,11-,12-,13-/m0/s1. The van der Waals surface area contributed by atoms with Gasteiger partial charge in [0, 0.05) is 25.7 Å². The molecule has 0 radical (unpaired) electrons. The third-order valence-electron chi connectivity index (χ3n) is 6.63. The zero-order valence-corrected chi connectivity index (χ0v) is 15.8. The molecule has 0 aromatic heterocycles. The number of quaternary nitrogens is 1. The number of amides is 1. The lowest BCUT2D eigenvalue weighted by molar-refractivity contribution is -0.308. The number of ether oxygens (including phenoxy) is 1. The number of carboxylic acids is 1. The Morgan fingerprint density at radius 2 is 2.03 bits per heavy atom. The number of carbonyl (C=O) groups excluding carboxylic acids is 1. The van der Waals surface area contributed by atoms with Crippen molar-refractivity contribution < 1.29 is 39.9 Å². The van der Waals surface area contributed by atoms with E-state index in [9.17, 15) is 24.7 Å². The molecule has 29 heavy (non-hydrogen) atoms. The van der Waals surface area contributed by atoms with Crippen molar-refractivity contribution in [2.24, 2.45) is 0 Å². The van der Waals surface area contributed by atoms with Crippen LogP contribution < -0.4 is 20.4 Å². The summed E-state index contributed by atoms with van der Waals surface area (Å²) >= 11 is 0. The first-order valence-corrected chi connectivity index (χ1v) is 9.93. The number of rotatable bonds is 5. The van der Waals surface area contributed by atoms with E-state index in [2.05, 4.69) is 16.0 Å². The first-order chi connectivity index (χ1) is 13.7. The Balaban J connectivity index is 1.30. The van der Waals surface area contributed by atoms with E-state index in [1.807, 2.05) is 0 Å². The fourth-order valence-corrected chi connectivity index (χ4v) is 4.88. The van der Waals surface area contributed by atoms with Crippen molar-refractivity contribution in [2.45, 2.75) is 42.8 Å². The van der Waals surface area contributed by atoms with Gasteiger partial charge in [0.2, 0.25) is 0 Å². The molecule has 1 aliphatic carbocycles. The van der Waals surface area contributed by atoms with Gasteiger partial charge in [0.05, 0.1) is 5.75 Å². The molecule has 3 fully saturated rings. The molecule has 0 bridgehead atoms. The number of fused-ring (bicyclic) bond motifs is 3. The summed E-state index contributed by atoms with van der Waals surface area (Å²) in [7, 11) is 0. The average Bonchev–Trinajstić information content (AvgIpc) is 3.28. The van der Waals surface area contributed by atoms with Gasteiger partial charge in [-0.3, -0.25) is 10.6 Å². The van der Waals surface area contributed by atoms with Gasteiger partial charge in [0.25, 0.3) is 0 Å². The Kier molecular flexibility index (Phi) is 4.16. The summed E-state index contributed by atoms with van der Waals surface area (Å²) in [6, 6.07) is 3.42. The highest BCUT2D eigenvalue weighted by Gasteiger charge is 2.55. The summed E-state index contributed by atoms with van der Waals surface area (Å²) in [5, 5.41) is 33.1. The van der Waals surface area contributed by atoms with Crippen LogP contribution in [0.4, 0.5) is 0 Å². The number of carbonyl (C=O) groups is 2. The second-order valence-corrected chi connectivity index (χ2v) is 8.56. The van der Waals surface area contributed by atoms with Crippen molar-refractivity contribution in [1.29, 1.82) is 0 Å². The van der Waals surface area contributed by atoms with Crippen LogP contribution in [0.1, 0.15) is 34.7 Å². The second-order valence-electron chi connectivity index (χ2n) is 8.56. The Labute approximate surface area is 166 Å². The average molecular weight is 405 g/mol. The van der Waals surface area contributed by atoms with Crippen LogP contribution in [0.5, 0.6) is 11.5 Å². The number of carboxylic acid groups (broad SMARTS) is 1. The minimum atomic E-state index is -3.06. The predicted octanol–water partition coefficient (Wildman–Crippen LogP) is -1.88. The second kappa shape index (κ2) is 6.41. The highest BCUT2D eigenvalue weighted by molar-refractivity contribution is 6.62. The SMILES string of the molecule is [NH3+]C(=O)[C@@H]1C[C@H](N2CC(Oc3ccc4c(c3C(=O)O)O[B-](O)(O)[C@H]3C[C@@H]43)C2)CN1. The van der Waals surface area contributed by atoms with E-state index in [-0.39, 0.29) is 52.9 Å². The molecule has 0 spiro atoms. The lowest BCUT2D eigenvalue weighted by atomic mass is 9.68. The Morgan fingerprint density at radius 1 is 1.28 bits per heavy atom. The summed E-state index contributed by atoms with van der Waals surface area (Å²) in [6.45, 7) is -1.09. The third kappa shape index (κ3) is 3.09. The molecule has 0 unspecified atom stereocenters. The van der Waals surface area contributed by atoms with Gasteiger partial charge in [-0.15, -0.1) is 0 Å². The fourth-order valence-electron chi connectivity index (χ4n) is 4.88. The number of hydrogen-bond acceptors (Lipinski definition) is 8. The van der Waals surface area contributed by atoms with Gasteiger partial charge >= 0.3 is 18.6 Å². The van der Waals surface area contributed by atoms with Crippen LogP contribution in [0.15, 0.2) is 12.1 Å². The van der Waals surface area contributed by atoms with Crippen molar-refractivity contribution in [1.82, 2.24) is 10.2 Å². The number of nitrogens with one attached hydrogen (secondary N) is 1. The van der Waals surface area contributed by atoms with Gasteiger partial charge < -0.3 is 29.9 Å². The monoisotopic (exact) mass is 405 g/mol. The van der Waals surface area contributed by atoms with E-state index < -0.39 is 12.7 Å². The van der Waals surface area contributed by atoms with Crippen LogP contribution in [-0.4, -0.2) is 76.5 Å². The molecule has 1 amide bonds. The molecule has 1 aromatic rings. The van der Waals surface area contributed by atoms with Crippen LogP contribution >= 0.6 is 0 Å². The van der Waals surface area contributed by atoms with Gasteiger partial charge in [-0.1, -0.05) is 18.3 Å². The van der Waals surface area contributed by atoms with Gasteiger partial charge in [-0.25, -0.2) is 9.59 Å². The Bertz CT molecular complexity index is 888. The largest absolute Gasteiger partial charge is 0.669 e. The maximum atomic E-state index is 11.9. The first kappa shape index (κ1) is 18.8. The Hall–Kier alpha value is -2.18. The number of aromatic carboxylic acids is 1. The molecular formula is C18H24BN3O7. The van der Waals surface area contributed by atoms with Crippen molar-refractivity contribution in [2.75, 3.05) is 19.6 Å². The minimum Gasteiger partial charge on any atom is -0.669 e. The maximum absolute atomic E-state index is 11.9. The molecule has 3 heterocycles. The molecule has 156 valence electrons. The van der Waals surface area contributed by atoms with Gasteiger partial charge in [-0.05, 0) is 24.0 Å². The molecule has 10 nitrogen and oxygen atoms in total. The molecule has 4 atom stereocenters. The molecule has 5 rings (SSSR count). The Morgan fingerprint density at radius 3 is 2.69 bits per heavy atom. The summed E-state index contributed by atoms with van der Waals surface area (Å²) in [4.78, 5) is 25.5. The van der Waals surface area contributed by atoms with Crippen molar-refractivity contribution >= 4 is 18.6 Å². The molecule has 7 N–H and O–H groups in total. The molecule has 11 heteroatoms. The number of likely N-dealkylation sites (tertiary alicyclic amines) is 1. The van der Waals surface area contributed by atoms with Gasteiger partial charge in [0.15, 0.2) is 0 Å². The van der Waals surface area contributed by atoms with Crippen molar-refractivity contribution in [3.05, 3.63) is 23.3 Å². The molecule has 2 saturated heterocycles. The van der Waals surface area contributed by atoms with Gasteiger partial charge in [-0.2, -0.15) is 0 Å². The lowest BCUT2D eigenvalue weighted by Gasteiger charge is -2.43.